The van der Waals surface area contributed by atoms with E-state index >= 15 is 0 Å². The average molecular weight is 312 g/mol. The second kappa shape index (κ2) is 8.47. The average Bonchev–Trinajstić information content (AvgIpc) is 3.18. The predicted molar refractivity (Wildman–Crippen MR) is 93.9 cm³/mol. The number of aryl methyl sites for hydroxylation is 1. The van der Waals surface area contributed by atoms with Crippen LogP contribution in [0.3, 0.4) is 0 Å². The van der Waals surface area contributed by atoms with E-state index in [-0.39, 0.29) is 6.10 Å². The Morgan fingerprint density at radius 2 is 1.87 bits per heavy atom. The van der Waals surface area contributed by atoms with Crippen LogP contribution in [0, 0.1) is 11.8 Å². The molecular weight excluding hydrogens is 284 g/mol. The maximum atomic E-state index is 5.45. The molecule has 1 saturated heterocycles. The van der Waals surface area contributed by atoms with Crippen LogP contribution in [0.25, 0.3) is 0 Å². The topological polar surface area (TPSA) is 18.5 Å². The first-order valence-corrected chi connectivity index (χ1v) is 9.06. The Morgan fingerprint density at radius 1 is 1.04 bits per heavy atom. The molecule has 1 heterocycles. The summed E-state index contributed by atoms with van der Waals surface area (Å²) in [6, 6.07) is 10.7. The fourth-order valence-corrected chi connectivity index (χ4v) is 3.76. The lowest BCUT2D eigenvalue weighted by atomic mass is 9.89. The van der Waals surface area contributed by atoms with Gasteiger partial charge in [0.15, 0.2) is 0 Å². The summed E-state index contributed by atoms with van der Waals surface area (Å²) < 4.78 is 0. The molecule has 0 radical (unpaired) electrons. The number of benzene rings is 1. The third-order valence-corrected chi connectivity index (χ3v) is 5.02. The minimum atomic E-state index is 0.269. The molecule has 2 aliphatic rings. The van der Waals surface area contributed by atoms with E-state index in [0.29, 0.717) is 17.9 Å². The predicted octanol–water partition coefficient (Wildman–Crippen LogP) is 5.26. The summed E-state index contributed by atoms with van der Waals surface area (Å²) in [4.78, 5) is 10.9. The Balaban J connectivity index is 1.46. The lowest BCUT2D eigenvalue weighted by molar-refractivity contribution is -0.336. The second-order valence-corrected chi connectivity index (χ2v) is 6.67. The monoisotopic (exact) mass is 312 g/mol. The summed E-state index contributed by atoms with van der Waals surface area (Å²) in [5.74, 6) is 1.11. The van der Waals surface area contributed by atoms with Gasteiger partial charge in [-0.1, -0.05) is 61.6 Å². The first-order valence-electron chi connectivity index (χ1n) is 9.06. The lowest BCUT2D eigenvalue weighted by Crippen LogP contribution is -2.28. The van der Waals surface area contributed by atoms with E-state index in [1.54, 1.807) is 0 Å². The maximum Gasteiger partial charge on any atom is 0.102 e. The van der Waals surface area contributed by atoms with Gasteiger partial charge in [0.05, 0.1) is 6.10 Å². The number of hydrogen-bond acceptors (Lipinski definition) is 2. The van der Waals surface area contributed by atoms with Gasteiger partial charge in [0.1, 0.15) is 6.10 Å². The summed E-state index contributed by atoms with van der Waals surface area (Å²) in [5, 5.41) is 0. The highest BCUT2D eigenvalue weighted by atomic mass is 17.2. The Bertz CT molecular complexity index is 520. The molecule has 124 valence electrons. The van der Waals surface area contributed by atoms with Gasteiger partial charge >= 0.3 is 0 Å². The van der Waals surface area contributed by atoms with E-state index in [1.165, 1.54) is 12.0 Å². The van der Waals surface area contributed by atoms with Crippen LogP contribution in [0.15, 0.2) is 54.6 Å². The standard InChI is InChI=1S/C21H28O2/c1-2-3-6-14-18-19(21-16-20(18)22-23-21)15-10-5-9-13-17-11-7-4-8-12-17/h3-4,6-8,10-12,15,18-21H,2,5,9,13-14,16H2,1H3/b6-3-,15-10+/t18-,19?,20+,21-/m1/s1. The molecule has 1 unspecified atom stereocenters. The van der Waals surface area contributed by atoms with Crippen molar-refractivity contribution in [2.24, 2.45) is 11.8 Å². The molecule has 2 bridgehead atoms. The van der Waals surface area contributed by atoms with Crippen LogP contribution in [-0.4, -0.2) is 12.2 Å². The van der Waals surface area contributed by atoms with Gasteiger partial charge in [-0.25, -0.2) is 9.78 Å². The van der Waals surface area contributed by atoms with Crippen molar-refractivity contribution >= 4 is 0 Å². The highest BCUT2D eigenvalue weighted by Crippen LogP contribution is 2.44. The zero-order chi connectivity index (χ0) is 15.9. The number of rotatable bonds is 8. The zero-order valence-corrected chi connectivity index (χ0v) is 14.1. The van der Waals surface area contributed by atoms with E-state index in [9.17, 15) is 0 Å². The van der Waals surface area contributed by atoms with Crippen molar-refractivity contribution < 1.29 is 9.78 Å². The van der Waals surface area contributed by atoms with Crippen molar-refractivity contribution in [3.05, 3.63) is 60.2 Å². The molecule has 0 amide bonds. The van der Waals surface area contributed by atoms with Gasteiger partial charge in [-0.2, -0.15) is 0 Å². The summed E-state index contributed by atoms with van der Waals surface area (Å²) in [6.45, 7) is 2.18. The fraction of sp³-hybridized carbons (Fsp3) is 0.524. The molecule has 0 spiro atoms. The van der Waals surface area contributed by atoms with Gasteiger partial charge in [-0.05, 0) is 37.7 Å². The van der Waals surface area contributed by atoms with E-state index in [2.05, 4.69) is 61.6 Å². The summed E-state index contributed by atoms with van der Waals surface area (Å²) in [6.07, 6.45) is 16.7. The van der Waals surface area contributed by atoms with Gasteiger partial charge in [0.25, 0.3) is 0 Å². The molecule has 4 atom stereocenters. The Kier molecular flexibility index (Phi) is 6.06. The van der Waals surface area contributed by atoms with Crippen LogP contribution in [-0.2, 0) is 16.2 Å². The second-order valence-electron chi connectivity index (χ2n) is 6.67. The molecule has 2 nitrogen and oxygen atoms in total. The molecule has 2 fully saturated rings. The summed E-state index contributed by atoms with van der Waals surface area (Å²) >= 11 is 0. The fourth-order valence-electron chi connectivity index (χ4n) is 3.76. The summed E-state index contributed by atoms with van der Waals surface area (Å²) in [7, 11) is 0. The minimum Gasteiger partial charge on any atom is -0.233 e. The molecule has 3 rings (SSSR count). The minimum absolute atomic E-state index is 0.269. The van der Waals surface area contributed by atoms with Crippen molar-refractivity contribution in [3.63, 3.8) is 0 Å². The van der Waals surface area contributed by atoms with Crippen LogP contribution < -0.4 is 0 Å². The third-order valence-electron chi connectivity index (χ3n) is 5.02. The van der Waals surface area contributed by atoms with Gasteiger partial charge in [-0.15, -0.1) is 0 Å². The number of hydrogen-bond donors (Lipinski definition) is 0. The molecule has 23 heavy (non-hydrogen) atoms. The van der Waals surface area contributed by atoms with E-state index in [0.717, 1.165) is 32.1 Å². The first-order chi connectivity index (χ1) is 11.4. The quantitative estimate of drug-likeness (QED) is 0.370. The maximum absolute atomic E-state index is 5.45. The van der Waals surface area contributed by atoms with E-state index < -0.39 is 0 Å². The highest BCUT2D eigenvalue weighted by Gasteiger charge is 2.48. The van der Waals surface area contributed by atoms with Crippen molar-refractivity contribution in [3.8, 4) is 0 Å². The Labute approximate surface area is 140 Å². The van der Waals surface area contributed by atoms with Gasteiger partial charge in [0.2, 0.25) is 0 Å². The summed E-state index contributed by atoms with van der Waals surface area (Å²) in [5.41, 5.74) is 1.43. The van der Waals surface area contributed by atoms with Crippen molar-refractivity contribution in [2.75, 3.05) is 0 Å². The molecule has 1 aromatic carbocycles. The molecular formula is C21H28O2. The third kappa shape index (κ3) is 4.33. The van der Waals surface area contributed by atoms with Crippen LogP contribution >= 0.6 is 0 Å². The normalized spacial score (nSPS) is 30.0. The molecule has 1 saturated carbocycles. The Morgan fingerprint density at radius 3 is 2.70 bits per heavy atom. The molecule has 0 N–H and O–H groups in total. The Hall–Kier alpha value is -1.38. The van der Waals surface area contributed by atoms with E-state index in [1.807, 2.05) is 0 Å². The van der Waals surface area contributed by atoms with Crippen molar-refractivity contribution in [1.29, 1.82) is 0 Å². The molecule has 1 aromatic rings. The molecule has 2 heteroatoms. The van der Waals surface area contributed by atoms with Gasteiger partial charge < -0.3 is 0 Å². The zero-order valence-electron chi connectivity index (χ0n) is 14.1. The SMILES string of the molecule is CC/C=C\C[C@@H]1C(/C=C/CCCc2ccccc2)[C@H]2C[C@@H]1OO2. The number of unbranched alkanes of at least 4 members (excludes halogenated alkanes) is 1. The molecule has 1 aliphatic carbocycles. The number of fused-ring (bicyclic) bond motifs is 2. The van der Waals surface area contributed by atoms with Crippen LogP contribution in [0.5, 0.6) is 0 Å². The van der Waals surface area contributed by atoms with Crippen LogP contribution in [0.2, 0.25) is 0 Å². The first kappa shape index (κ1) is 16.5. The van der Waals surface area contributed by atoms with Crippen LogP contribution in [0.1, 0.15) is 44.6 Å². The van der Waals surface area contributed by atoms with Crippen molar-refractivity contribution in [2.45, 2.75) is 57.7 Å². The lowest BCUT2D eigenvalue weighted by Gasteiger charge is -2.27. The van der Waals surface area contributed by atoms with Gasteiger partial charge in [0, 0.05) is 18.3 Å². The molecule has 0 aromatic heterocycles. The van der Waals surface area contributed by atoms with Crippen LogP contribution in [0.4, 0.5) is 0 Å². The number of allylic oxidation sites excluding steroid dienone is 3. The largest absolute Gasteiger partial charge is 0.233 e. The van der Waals surface area contributed by atoms with Crippen molar-refractivity contribution in [1.82, 2.24) is 0 Å². The highest BCUT2D eigenvalue weighted by molar-refractivity contribution is 5.14. The van der Waals surface area contributed by atoms with Gasteiger partial charge in [-0.3, -0.25) is 0 Å². The van der Waals surface area contributed by atoms with E-state index in [4.69, 9.17) is 9.78 Å². The smallest absolute Gasteiger partial charge is 0.102 e. The molecule has 1 aliphatic heterocycles.